The first-order chi connectivity index (χ1) is 16.7. The maximum atomic E-state index is 13.1. The summed E-state index contributed by atoms with van der Waals surface area (Å²) in [6.07, 6.45) is -0.615. The van der Waals surface area contributed by atoms with Gasteiger partial charge in [-0.05, 0) is 25.5 Å². The van der Waals surface area contributed by atoms with Crippen LogP contribution in [0.4, 0.5) is 19.0 Å². The molecule has 188 valence electrons. The van der Waals surface area contributed by atoms with Gasteiger partial charge in [0, 0.05) is 33.2 Å². The second-order valence-electron chi connectivity index (χ2n) is 8.37. The summed E-state index contributed by atoms with van der Waals surface area (Å²) in [7, 11) is 1.51. The number of nitrogens with one attached hydrogen (secondary N) is 2. The lowest BCUT2D eigenvalue weighted by molar-refractivity contribution is -0.139. The molecule has 14 heteroatoms. The molecular weight excluding hydrogens is 469 g/mol. The van der Waals surface area contributed by atoms with Crippen LogP contribution in [0.3, 0.4) is 0 Å². The van der Waals surface area contributed by atoms with E-state index < -0.39 is 23.3 Å². The van der Waals surface area contributed by atoms with Crippen LogP contribution in [0, 0.1) is 0 Å². The molecule has 4 heterocycles. The highest BCUT2D eigenvalue weighted by atomic mass is 19.4. The van der Waals surface area contributed by atoms with Gasteiger partial charge in [0.1, 0.15) is 17.1 Å². The number of aromatic nitrogens is 4. The van der Waals surface area contributed by atoms with Crippen molar-refractivity contribution in [3.05, 3.63) is 45.8 Å². The quantitative estimate of drug-likeness (QED) is 0.613. The normalized spacial score (nSPS) is 19.1. The van der Waals surface area contributed by atoms with Crippen molar-refractivity contribution < 1.29 is 22.8 Å². The third-order valence-electron chi connectivity index (χ3n) is 6.23. The van der Waals surface area contributed by atoms with Gasteiger partial charge >= 0.3 is 6.18 Å². The monoisotopic (exact) mass is 494 g/mol. The third kappa shape index (κ3) is 5.42. The molecule has 2 N–H and O–H groups in total. The number of carbonyl (C=O) groups excluding carboxylic acids is 2. The zero-order chi connectivity index (χ0) is 25.2. The van der Waals surface area contributed by atoms with E-state index in [-0.39, 0.29) is 29.7 Å². The van der Waals surface area contributed by atoms with Gasteiger partial charge in [-0.25, -0.2) is 15.1 Å². The number of carbonyl (C=O) groups is 2. The SMILES string of the molecule is CNC(=O)c1cnc(N2CCN(C(=O)CN3CCCC3c3cc(C(F)(F)F)c(=O)[nH]n3)CC2)cn1. The van der Waals surface area contributed by atoms with Crippen LogP contribution < -0.4 is 15.8 Å². The zero-order valence-electron chi connectivity index (χ0n) is 19.0. The van der Waals surface area contributed by atoms with Crippen LogP contribution in [0.25, 0.3) is 0 Å². The standard InChI is InChI=1S/C21H25F3N8O3/c1-25-20(35)15-10-27-17(11-26-15)30-5-7-31(8-6-30)18(33)12-32-4-2-3-16(32)14-9-13(21(22,23)24)19(34)29-28-14/h9-11,16H,2-8,12H2,1H3,(H,25,35)(H,29,34). The van der Waals surface area contributed by atoms with Crippen molar-refractivity contribution in [1.82, 2.24) is 35.3 Å². The first-order valence-electron chi connectivity index (χ1n) is 11.1. The highest BCUT2D eigenvalue weighted by Gasteiger charge is 2.37. The van der Waals surface area contributed by atoms with Crippen molar-refractivity contribution in [2.24, 2.45) is 0 Å². The van der Waals surface area contributed by atoms with Crippen LogP contribution in [0.1, 0.15) is 40.6 Å². The topological polar surface area (TPSA) is 127 Å². The van der Waals surface area contributed by atoms with Crippen LogP contribution in [0.2, 0.25) is 0 Å². The lowest BCUT2D eigenvalue weighted by Crippen LogP contribution is -2.51. The summed E-state index contributed by atoms with van der Waals surface area (Å²) in [6.45, 7) is 2.55. The number of aromatic amines is 1. The molecule has 0 bridgehead atoms. The maximum Gasteiger partial charge on any atom is 0.421 e. The van der Waals surface area contributed by atoms with Gasteiger partial charge < -0.3 is 15.1 Å². The Balaban J connectivity index is 1.35. The second kappa shape index (κ2) is 9.98. The van der Waals surface area contributed by atoms with Gasteiger partial charge in [-0.2, -0.15) is 18.3 Å². The highest BCUT2D eigenvalue weighted by Crippen LogP contribution is 2.33. The van der Waals surface area contributed by atoms with Gasteiger partial charge in [-0.1, -0.05) is 0 Å². The van der Waals surface area contributed by atoms with E-state index in [9.17, 15) is 27.6 Å². The number of likely N-dealkylation sites (tertiary alicyclic amines) is 1. The van der Waals surface area contributed by atoms with Gasteiger partial charge in [-0.15, -0.1) is 0 Å². The molecule has 2 aromatic rings. The Morgan fingerprint density at radius 2 is 1.89 bits per heavy atom. The molecule has 0 aliphatic carbocycles. The van der Waals surface area contributed by atoms with Crippen LogP contribution in [-0.2, 0) is 11.0 Å². The summed E-state index contributed by atoms with van der Waals surface area (Å²) in [5.74, 6) is 0.151. The first kappa shape index (κ1) is 24.6. The molecule has 11 nitrogen and oxygen atoms in total. The van der Waals surface area contributed by atoms with Gasteiger partial charge in [0.25, 0.3) is 11.5 Å². The Labute approximate surface area is 198 Å². The van der Waals surface area contributed by atoms with E-state index in [1.807, 2.05) is 10.00 Å². The van der Waals surface area contributed by atoms with E-state index in [2.05, 4.69) is 20.4 Å². The van der Waals surface area contributed by atoms with Gasteiger partial charge in [0.05, 0.1) is 30.7 Å². The van der Waals surface area contributed by atoms with Crippen molar-refractivity contribution in [2.75, 3.05) is 51.2 Å². The minimum absolute atomic E-state index is 0.0491. The Morgan fingerprint density at radius 3 is 2.51 bits per heavy atom. The van der Waals surface area contributed by atoms with E-state index >= 15 is 0 Å². The third-order valence-corrected chi connectivity index (χ3v) is 6.23. The molecule has 2 aromatic heterocycles. The lowest BCUT2D eigenvalue weighted by Gasteiger charge is -2.36. The molecule has 2 amide bonds. The van der Waals surface area contributed by atoms with Crippen LogP contribution in [0.15, 0.2) is 23.3 Å². The number of anilines is 1. The van der Waals surface area contributed by atoms with Gasteiger partial charge in [0.2, 0.25) is 5.91 Å². The number of hydrogen-bond donors (Lipinski definition) is 2. The number of halogens is 3. The summed E-state index contributed by atoms with van der Waals surface area (Å²) in [5, 5.41) is 8.24. The molecule has 1 unspecified atom stereocenters. The van der Waals surface area contributed by atoms with Crippen LogP contribution >= 0.6 is 0 Å². The van der Waals surface area contributed by atoms with E-state index in [1.54, 1.807) is 9.80 Å². The first-order valence-corrected chi connectivity index (χ1v) is 11.1. The lowest BCUT2D eigenvalue weighted by atomic mass is 10.1. The van der Waals surface area contributed by atoms with Crippen molar-refractivity contribution in [3.8, 4) is 0 Å². The van der Waals surface area contributed by atoms with Crippen molar-refractivity contribution >= 4 is 17.6 Å². The minimum Gasteiger partial charge on any atom is -0.354 e. The van der Waals surface area contributed by atoms with E-state index in [4.69, 9.17) is 0 Å². The molecule has 35 heavy (non-hydrogen) atoms. The molecular formula is C21H25F3N8O3. The predicted molar refractivity (Wildman–Crippen MR) is 118 cm³/mol. The Morgan fingerprint density at radius 1 is 1.14 bits per heavy atom. The number of amides is 2. The van der Waals surface area contributed by atoms with E-state index in [0.29, 0.717) is 51.4 Å². The number of piperazine rings is 1. The van der Waals surface area contributed by atoms with Crippen molar-refractivity contribution in [1.29, 1.82) is 0 Å². The highest BCUT2D eigenvalue weighted by molar-refractivity contribution is 5.91. The summed E-state index contributed by atoms with van der Waals surface area (Å²) in [5.41, 5.74) is -2.26. The summed E-state index contributed by atoms with van der Waals surface area (Å²) < 4.78 is 39.4. The van der Waals surface area contributed by atoms with Crippen molar-refractivity contribution in [2.45, 2.75) is 25.1 Å². The Kier molecular flexibility index (Phi) is 7.00. The fraction of sp³-hybridized carbons (Fsp3) is 0.524. The molecule has 2 aliphatic rings. The Bertz CT molecular complexity index is 1130. The Hall–Kier alpha value is -3.55. The van der Waals surface area contributed by atoms with Crippen molar-refractivity contribution in [3.63, 3.8) is 0 Å². The van der Waals surface area contributed by atoms with E-state index in [0.717, 1.165) is 6.07 Å². The average Bonchev–Trinajstić information content (AvgIpc) is 3.31. The average molecular weight is 494 g/mol. The number of nitrogens with zero attached hydrogens (tertiary/aromatic N) is 6. The molecule has 2 saturated heterocycles. The van der Waals surface area contributed by atoms with Gasteiger partial charge in [-0.3, -0.25) is 19.3 Å². The molecule has 1 atom stereocenters. The molecule has 2 aliphatic heterocycles. The summed E-state index contributed by atoms with van der Waals surface area (Å²) in [4.78, 5) is 50.0. The number of H-pyrrole nitrogens is 1. The minimum atomic E-state index is -4.78. The van der Waals surface area contributed by atoms with E-state index in [1.165, 1.54) is 19.4 Å². The molecule has 4 rings (SSSR count). The molecule has 0 aromatic carbocycles. The maximum absolute atomic E-state index is 13.1. The zero-order valence-corrected chi connectivity index (χ0v) is 19.0. The number of hydrogen-bond acceptors (Lipinski definition) is 8. The summed E-state index contributed by atoms with van der Waals surface area (Å²) in [6, 6.07) is 0.300. The second-order valence-corrected chi connectivity index (χ2v) is 8.37. The van der Waals surface area contributed by atoms with Gasteiger partial charge in [0.15, 0.2) is 0 Å². The smallest absolute Gasteiger partial charge is 0.354 e. The predicted octanol–water partition coefficient (Wildman–Crippen LogP) is 0.424. The fourth-order valence-corrected chi connectivity index (χ4v) is 4.34. The molecule has 0 saturated carbocycles. The molecule has 2 fully saturated rings. The summed E-state index contributed by atoms with van der Waals surface area (Å²) >= 11 is 0. The largest absolute Gasteiger partial charge is 0.421 e. The molecule has 0 radical (unpaired) electrons. The van der Waals surface area contributed by atoms with Crippen LogP contribution in [0.5, 0.6) is 0 Å². The number of rotatable bonds is 5. The van der Waals surface area contributed by atoms with Crippen LogP contribution in [-0.4, -0.2) is 88.1 Å². The fourth-order valence-electron chi connectivity index (χ4n) is 4.34. The molecule has 0 spiro atoms. The number of alkyl halides is 3.